The maximum atomic E-state index is 10.9. The molecular weight excluding hydrogens is 266 g/mol. The maximum absolute atomic E-state index is 10.9. The van der Waals surface area contributed by atoms with Gasteiger partial charge in [-0.2, -0.15) is 0 Å². The summed E-state index contributed by atoms with van der Waals surface area (Å²) in [5.74, 6) is 0.303. The van der Waals surface area contributed by atoms with Crippen LogP contribution in [-0.2, 0) is 17.8 Å². The molecule has 0 radical (unpaired) electrons. The lowest BCUT2D eigenvalue weighted by atomic mass is 10.1. The molecule has 0 saturated heterocycles. The van der Waals surface area contributed by atoms with Crippen molar-refractivity contribution in [1.82, 2.24) is 4.90 Å². The molecule has 1 aromatic carbocycles. The number of carboxylic acids is 1. The second-order valence-corrected chi connectivity index (χ2v) is 6.09. The molecule has 1 aliphatic carbocycles. The summed E-state index contributed by atoms with van der Waals surface area (Å²) < 4.78 is 5.55. The van der Waals surface area contributed by atoms with Crippen LogP contribution in [0.15, 0.2) is 18.2 Å². The van der Waals surface area contributed by atoms with Crippen LogP contribution < -0.4 is 4.74 Å². The Hall–Kier alpha value is -1.55. The largest absolute Gasteiger partial charge is 0.493 e. The first-order valence-corrected chi connectivity index (χ1v) is 7.93. The third kappa shape index (κ3) is 3.56. The highest BCUT2D eigenvalue weighted by Gasteiger charge is 2.23. The average molecular weight is 289 g/mol. The molecule has 21 heavy (non-hydrogen) atoms. The van der Waals surface area contributed by atoms with E-state index < -0.39 is 5.97 Å². The van der Waals surface area contributed by atoms with Crippen LogP contribution in [0, 0.1) is 0 Å². The average Bonchev–Trinajstić information content (AvgIpc) is 3.13. The molecule has 4 nitrogen and oxygen atoms in total. The van der Waals surface area contributed by atoms with Crippen LogP contribution in [0.2, 0.25) is 0 Å². The molecule has 2 aliphatic rings. The van der Waals surface area contributed by atoms with Crippen molar-refractivity contribution in [2.24, 2.45) is 0 Å². The fraction of sp³-hybridized carbons (Fsp3) is 0.588. The molecule has 114 valence electrons. The van der Waals surface area contributed by atoms with E-state index in [9.17, 15) is 4.79 Å². The third-order valence-electron chi connectivity index (χ3n) is 4.59. The van der Waals surface area contributed by atoms with Gasteiger partial charge in [0.25, 0.3) is 0 Å². The van der Waals surface area contributed by atoms with E-state index in [1.807, 2.05) is 0 Å². The number of ether oxygens (including phenoxy) is 1. The molecule has 1 aromatic rings. The molecule has 1 aliphatic heterocycles. The van der Waals surface area contributed by atoms with E-state index >= 15 is 0 Å². The molecular formula is C17H23NO3. The molecule has 1 fully saturated rings. The molecule has 4 heteroatoms. The predicted molar refractivity (Wildman–Crippen MR) is 80.6 cm³/mol. The van der Waals surface area contributed by atoms with Crippen LogP contribution in [-0.4, -0.2) is 35.2 Å². The SMILES string of the molecule is O=C(O)CCN(Cc1ccc2c(c1)CCO2)C1CCCC1. The predicted octanol–water partition coefficient (Wildman–Crippen LogP) is 2.84. The molecule has 0 bridgehead atoms. The maximum Gasteiger partial charge on any atom is 0.304 e. The number of aliphatic carboxylic acids is 1. The minimum absolute atomic E-state index is 0.227. The van der Waals surface area contributed by atoms with Gasteiger partial charge in [0.1, 0.15) is 5.75 Å². The Morgan fingerprint density at radius 1 is 1.33 bits per heavy atom. The Morgan fingerprint density at radius 3 is 2.90 bits per heavy atom. The zero-order valence-electron chi connectivity index (χ0n) is 12.4. The first-order valence-electron chi connectivity index (χ1n) is 7.93. The second kappa shape index (κ2) is 6.48. The van der Waals surface area contributed by atoms with E-state index in [1.165, 1.54) is 36.8 Å². The van der Waals surface area contributed by atoms with Crippen LogP contribution >= 0.6 is 0 Å². The Balaban J connectivity index is 1.69. The summed E-state index contributed by atoms with van der Waals surface area (Å²) in [7, 11) is 0. The van der Waals surface area contributed by atoms with Crippen molar-refractivity contribution >= 4 is 5.97 Å². The van der Waals surface area contributed by atoms with Gasteiger partial charge in [0.2, 0.25) is 0 Å². The molecule has 1 heterocycles. The molecule has 0 atom stereocenters. The van der Waals surface area contributed by atoms with Crippen LogP contribution in [0.5, 0.6) is 5.75 Å². The van der Waals surface area contributed by atoms with Crippen molar-refractivity contribution < 1.29 is 14.6 Å². The lowest BCUT2D eigenvalue weighted by Crippen LogP contribution is -2.34. The number of fused-ring (bicyclic) bond motifs is 1. The highest BCUT2D eigenvalue weighted by molar-refractivity contribution is 5.66. The van der Waals surface area contributed by atoms with Gasteiger partial charge in [-0.05, 0) is 30.0 Å². The van der Waals surface area contributed by atoms with E-state index in [1.54, 1.807) is 0 Å². The number of hydrogen-bond acceptors (Lipinski definition) is 3. The van der Waals surface area contributed by atoms with Crippen LogP contribution in [0.25, 0.3) is 0 Å². The van der Waals surface area contributed by atoms with Gasteiger partial charge in [-0.25, -0.2) is 0 Å². The van der Waals surface area contributed by atoms with Crippen LogP contribution in [0.4, 0.5) is 0 Å². The van der Waals surface area contributed by atoms with Crippen molar-refractivity contribution in [3.63, 3.8) is 0 Å². The number of hydrogen-bond donors (Lipinski definition) is 1. The molecule has 0 amide bonds. The summed E-state index contributed by atoms with van der Waals surface area (Å²) in [6.45, 7) is 2.28. The van der Waals surface area contributed by atoms with E-state index in [2.05, 4.69) is 23.1 Å². The standard InChI is InChI=1S/C17H23NO3/c19-17(20)7-9-18(15-3-1-2-4-15)12-13-5-6-16-14(11-13)8-10-21-16/h5-6,11,15H,1-4,7-10,12H2,(H,19,20). The van der Waals surface area contributed by atoms with Crippen LogP contribution in [0.1, 0.15) is 43.2 Å². The fourth-order valence-electron chi connectivity index (χ4n) is 3.47. The Morgan fingerprint density at radius 2 is 2.14 bits per heavy atom. The zero-order chi connectivity index (χ0) is 14.7. The van der Waals surface area contributed by atoms with Gasteiger partial charge in [0.05, 0.1) is 13.0 Å². The lowest BCUT2D eigenvalue weighted by molar-refractivity contribution is -0.137. The van der Waals surface area contributed by atoms with Crippen molar-refractivity contribution in [1.29, 1.82) is 0 Å². The van der Waals surface area contributed by atoms with E-state index in [-0.39, 0.29) is 6.42 Å². The number of benzene rings is 1. The van der Waals surface area contributed by atoms with Crippen molar-refractivity contribution in [2.75, 3.05) is 13.2 Å². The summed E-state index contributed by atoms with van der Waals surface area (Å²) in [6.07, 6.45) is 6.16. The van der Waals surface area contributed by atoms with Gasteiger partial charge in [-0.3, -0.25) is 9.69 Å². The summed E-state index contributed by atoms with van der Waals surface area (Å²) >= 11 is 0. The molecule has 3 rings (SSSR count). The van der Waals surface area contributed by atoms with E-state index in [0.29, 0.717) is 12.6 Å². The Labute approximate surface area is 125 Å². The minimum atomic E-state index is -0.708. The van der Waals surface area contributed by atoms with Gasteiger partial charge in [-0.1, -0.05) is 25.0 Å². The fourth-order valence-corrected chi connectivity index (χ4v) is 3.47. The van der Waals surface area contributed by atoms with Gasteiger partial charge >= 0.3 is 5.97 Å². The minimum Gasteiger partial charge on any atom is -0.493 e. The smallest absolute Gasteiger partial charge is 0.304 e. The molecule has 0 unspecified atom stereocenters. The van der Waals surface area contributed by atoms with Gasteiger partial charge < -0.3 is 9.84 Å². The van der Waals surface area contributed by atoms with Gasteiger partial charge in [0.15, 0.2) is 0 Å². The van der Waals surface area contributed by atoms with E-state index in [4.69, 9.17) is 9.84 Å². The number of rotatable bonds is 6. The van der Waals surface area contributed by atoms with Gasteiger partial charge in [-0.15, -0.1) is 0 Å². The summed E-state index contributed by atoms with van der Waals surface area (Å²) in [4.78, 5) is 13.2. The van der Waals surface area contributed by atoms with Crippen LogP contribution in [0.3, 0.4) is 0 Å². The monoisotopic (exact) mass is 289 g/mol. The highest BCUT2D eigenvalue weighted by Crippen LogP contribution is 2.29. The zero-order valence-corrected chi connectivity index (χ0v) is 12.4. The topological polar surface area (TPSA) is 49.8 Å². The number of carboxylic acid groups (broad SMARTS) is 1. The molecule has 0 aromatic heterocycles. The molecule has 1 saturated carbocycles. The quantitative estimate of drug-likeness (QED) is 0.875. The molecule has 1 N–H and O–H groups in total. The van der Waals surface area contributed by atoms with Gasteiger partial charge in [0, 0.05) is 25.6 Å². The lowest BCUT2D eigenvalue weighted by Gasteiger charge is -2.28. The Kier molecular flexibility index (Phi) is 4.44. The van der Waals surface area contributed by atoms with Crippen molar-refractivity contribution in [3.05, 3.63) is 29.3 Å². The summed E-state index contributed by atoms with van der Waals surface area (Å²) in [5.41, 5.74) is 2.56. The molecule has 0 spiro atoms. The number of carbonyl (C=O) groups is 1. The summed E-state index contributed by atoms with van der Waals surface area (Å²) in [6, 6.07) is 6.95. The third-order valence-corrected chi connectivity index (χ3v) is 4.59. The van der Waals surface area contributed by atoms with Crippen molar-refractivity contribution in [3.8, 4) is 5.75 Å². The number of nitrogens with zero attached hydrogens (tertiary/aromatic N) is 1. The van der Waals surface area contributed by atoms with Crippen molar-refractivity contribution in [2.45, 2.75) is 51.1 Å². The second-order valence-electron chi connectivity index (χ2n) is 6.09. The summed E-state index contributed by atoms with van der Waals surface area (Å²) in [5, 5.41) is 8.95. The normalized spacial score (nSPS) is 18.0. The Bertz CT molecular complexity index is 509. The first-order chi connectivity index (χ1) is 10.2. The first kappa shape index (κ1) is 14.4. The highest BCUT2D eigenvalue weighted by atomic mass is 16.5. The van der Waals surface area contributed by atoms with E-state index in [0.717, 1.165) is 25.3 Å².